The van der Waals surface area contributed by atoms with Crippen LogP contribution in [0.4, 0.5) is 4.39 Å². The van der Waals surface area contributed by atoms with Crippen molar-refractivity contribution in [3.63, 3.8) is 0 Å². The van der Waals surface area contributed by atoms with E-state index in [-0.39, 0.29) is 22.6 Å². The number of aldehydes is 1. The summed E-state index contributed by atoms with van der Waals surface area (Å²) in [7, 11) is -3.86. The lowest BCUT2D eigenvalue weighted by molar-refractivity contribution is 0.112. The predicted molar refractivity (Wildman–Crippen MR) is 110 cm³/mol. The number of benzene rings is 1. The Bertz CT molecular complexity index is 1110. The number of hydrogen-bond acceptors (Lipinski definition) is 4. The van der Waals surface area contributed by atoms with Crippen molar-refractivity contribution in [3.05, 3.63) is 81.6 Å². The molecule has 0 spiro atoms. The first kappa shape index (κ1) is 19.4. The molecule has 3 aromatic rings. The van der Waals surface area contributed by atoms with Crippen molar-refractivity contribution in [3.8, 4) is 11.3 Å². The highest BCUT2D eigenvalue weighted by Gasteiger charge is 2.24. The molecule has 0 saturated carbocycles. The monoisotopic (exact) mass is 496 g/mol. The molecule has 0 radical (unpaired) electrons. The van der Waals surface area contributed by atoms with Crippen LogP contribution in [-0.4, -0.2) is 29.4 Å². The number of hydrogen-bond donors (Lipinski definition) is 0. The average Bonchev–Trinajstić information content (AvgIpc) is 3.00. The lowest BCUT2D eigenvalue weighted by Crippen LogP contribution is -2.16. The smallest absolute Gasteiger partial charge is 0.242 e. The standard InChI is InChI=1S/C19H14FIN2O3S/c20-17-8-2-1-7-16(17)19-18(21)15(13-24)12-23(19)27(25,26)10-4-6-14-5-3-9-22-11-14/h1-9,11-13H,10H2. The fourth-order valence-electron chi connectivity index (χ4n) is 2.53. The van der Waals surface area contributed by atoms with Crippen LogP contribution >= 0.6 is 22.6 Å². The quantitative estimate of drug-likeness (QED) is 0.382. The lowest BCUT2D eigenvalue weighted by Gasteiger charge is -2.10. The van der Waals surface area contributed by atoms with E-state index in [4.69, 9.17) is 0 Å². The normalized spacial score (nSPS) is 11.8. The van der Waals surface area contributed by atoms with Crippen molar-refractivity contribution < 1.29 is 17.6 Å². The lowest BCUT2D eigenvalue weighted by atomic mass is 10.1. The van der Waals surface area contributed by atoms with Crippen molar-refractivity contribution >= 4 is 45.0 Å². The zero-order valence-electron chi connectivity index (χ0n) is 13.9. The van der Waals surface area contributed by atoms with Gasteiger partial charge in [0.25, 0.3) is 0 Å². The summed E-state index contributed by atoms with van der Waals surface area (Å²) in [6.07, 6.45) is 8.15. The van der Waals surface area contributed by atoms with Gasteiger partial charge in [-0.1, -0.05) is 30.4 Å². The van der Waals surface area contributed by atoms with Crippen molar-refractivity contribution in [1.82, 2.24) is 8.96 Å². The highest BCUT2D eigenvalue weighted by Crippen LogP contribution is 2.32. The first-order chi connectivity index (χ1) is 12.9. The maximum Gasteiger partial charge on any atom is 0.242 e. The molecule has 138 valence electrons. The fraction of sp³-hybridized carbons (Fsp3) is 0.0526. The topological polar surface area (TPSA) is 69.0 Å². The van der Waals surface area contributed by atoms with E-state index in [0.29, 0.717) is 9.86 Å². The fourth-order valence-corrected chi connectivity index (χ4v) is 4.76. The van der Waals surface area contributed by atoms with Crippen LogP contribution in [-0.2, 0) is 10.0 Å². The average molecular weight is 496 g/mol. The van der Waals surface area contributed by atoms with Crippen LogP contribution < -0.4 is 0 Å². The van der Waals surface area contributed by atoms with Crippen molar-refractivity contribution in [2.75, 3.05) is 5.75 Å². The largest absolute Gasteiger partial charge is 0.298 e. The first-order valence-electron chi connectivity index (χ1n) is 7.85. The van der Waals surface area contributed by atoms with Gasteiger partial charge >= 0.3 is 0 Å². The van der Waals surface area contributed by atoms with Crippen molar-refractivity contribution in [2.45, 2.75) is 0 Å². The zero-order chi connectivity index (χ0) is 19.4. The molecule has 0 aliphatic rings. The molecule has 0 fully saturated rings. The summed E-state index contributed by atoms with van der Waals surface area (Å²) in [5, 5.41) is 0. The number of pyridine rings is 1. The number of aromatic nitrogens is 2. The minimum absolute atomic E-state index is 0.120. The van der Waals surface area contributed by atoms with E-state index in [1.165, 1.54) is 30.5 Å². The molecule has 0 unspecified atom stereocenters. The third-order valence-corrected chi connectivity index (χ3v) is 6.43. The van der Waals surface area contributed by atoms with Crippen LogP contribution in [0.5, 0.6) is 0 Å². The summed E-state index contributed by atoms with van der Waals surface area (Å²) in [5.74, 6) is -0.875. The van der Waals surface area contributed by atoms with Crippen LogP contribution in [0.3, 0.4) is 0 Å². The minimum Gasteiger partial charge on any atom is -0.298 e. The number of rotatable bonds is 6. The number of halogens is 2. The van der Waals surface area contributed by atoms with Gasteiger partial charge in [0.2, 0.25) is 10.0 Å². The van der Waals surface area contributed by atoms with Crippen molar-refractivity contribution in [1.29, 1.82) is 0 Å². The molecule has 0 saturated heterocycles. The molecule has 1 aromatic carbocycles. The molecule has 0 N–H and O–H groups in total. The maximum atomic E-state index is 14.3. The minimum atomic E-state index is -3.86. The summed E-state index contributed by atoms with van der Waals surface area (Å²) in [5.41, 5.74) is 1.21. The van der Waals surface area contributed by atoms with Gasteiger partial charge in [0.15, 0.2) is 6.29 Å². The van der Waals surface area contributed by atoms with E-state index < -0.39 is 15.8 Å². The van der Waals surface area contributed by atoms with Gasteiger partial charge in [0.05, 0.1) is 15.0 Å². The Hall–Kier alpha value is -2.33. The Morgan fingerprint density at radius 3 is 2.63 bits per heavy atom. The Balaban J connectivity index is 2.04. The van der Waals surface area contributed by atoms with Gasteiger partial charge < -0.3 is 0 Å². The molecule has 0 aliphatic heterocycles. The molecule has 0 amide bonds. The van der Waals surface area contributed by atoms with Gasteiger partial charge in [-0.15, -0.1) is 0 Å². The maximum absolute atomic E-state index is 14.3. The highest BCUT2D eigenvalue weighted by molar-refractivity contribution is 14.1. The molecular weight excluding hydrogens is 482 g/mol. The number of carbonyl (C=O) groups excluding carboxylic acids is 1. The van der Waals surface area contributed by atoms with Gasteiger partial charge in [0, 0.05) is 29.7 Å². The summed E-state index contributed by atoms with van der Waals surface area (Å²) in [6, 6.07) is 9.41. The Labute approximate surface area is 169 Å². The van der Waals surface area contributed by atoms with E-state index in [2.05, 4.69) is 4.98 Å². The van der Waals surface area contributed by atoms with Crippen LogP contribution in [0.15, 0.2) is 61.1 Å². The molecule has 27 heavy (non-hydrogen) atoms. The second-order valence-electron chi connectivity index (χ2n) is 5.61. The molecular formula is C19H14FIN2O3S. The molecule has 8 heteroatoms. The van der Waals surface area contributed by atoms with E-state index in [1.807, 2.05) is 22.6 Å². The summed E-state index contributed by atoms with van der Waals surface area (Å²) in [4.78, 5) is 15.3. The van der Waals surface area contributed by atoms with E-state index in [9.17, 15) is 17.6 Å². The predicted octanol–water partition coefficient (Wildman–Crippen LogP) is 4.00. The summed E-state index contributed by atoms with van der Waals surface area (Å²) >= 11 is 1.86. The van der Waals surface area contributed by atoms with E-state index >= 15 is 0 Å². The van der Waals surface area contributed by atoms with Crippen LogP contribution in [0, 0.1) is 9.39 Å². The van der Waals surface area contributed by atoms with E-state index in [0.717, 1.165) is 9.54 Å². The van der Waals surface area contributed by atoms with Crippen molar-refractivity contribution in [2.24, 2.45) is 0 Å². The zero-order valence-corrected chi connectivity index (χ0v) is 16.9. The molecule has 0 bridgehead atoms. The molecule has 2 heterocycles. The number of nitrogens with zero attached hydrogens (tertiary/aromatic N) is 2. The Kier molecular flexibility index (Phi) is 5.85. The van der Waals surface area contributed by atoms with Gasteiger partial charge in [-0.2, -0.15) is 0 Å². The SMILES string of the molecule is O=Cc1cn(S(=O)(=O)CC=Cc2cccnc2)c(-c2ccccc2F)c1I. The third-order valence-electron chi connectivity index (χ3n) is 3.80. The third kappa shape index (κ3) is 4.16. The molecule has 2 aromatic heterocycles. The Morgan fingerprint density at radius 2 is 1.96 bits per heavy atom. The second-order valence-corrected chi connectivity index (χ2v) is 8.58. The number of carbonyl (C=O) groups is 1. The molecule has 0 atom stereocenters. The second kappa shape index (κ2) is 8.13. The molecule has 3 rings (SSSR count). The Morgan fingerprint density at radius 1 is 1.19 bits per heavy atom. The van der Waals surface area contributed by atoms with Crippen LogP contribution in [0.25, 0.3) is 17.3 Å². The summed E-state index contributed by atoms with van der Waals surface area (Å²) < 4.78 is 41.4. The highest BCUT2D eigenvalue weighted by atomic mass is 127. The van der Waals surface area contributed by atoms with E-state index in [1.54, 1.807) is 36.7 Å². The molecule has 0 aliphatic carbocycles. The van der Waals surface area contributed by atoms with Gasteiger partial charge in [-0.3, -0.25) is 9.78 Å². The van der Waals surface area contributed by atoms with Gasteiger partial charge in [-0.05, 0) is 46.4 Å². The summed E-state index contributed by atoms with van der Waals surface area (Å²) in [6.45, 7) is 0. The van der Waals surface area contributed by atoms with Crippen LogP contribution in [0.1, 0.15) is 15.9 Å². The first-order valence-corrected chi connectivity index (χ1v) is 10.5. The van der Waals surface area contributed by atoms with Crippen LogP contribution in [0.2, 0.25) is 0 Å². The van der Waals surface area contributed by atoms with Gasteiger partial charge in [-0.25, -0.2) is 16.8 Å². The van der Waals surface area contributed by atoms with Gasteiger partial charge in [0.1, 0.15) is 5.82 Å². The molecule has 5 nitrogen and oxygen atoms in total.